The first kappa shape index (κ1) is 24.9. The van der Waals surface area contributed by atoms with Crippen LogP contribution < -0.4 is 14.8 Å². The van der Waals surface area contributed by atoms with Crippen molar-refractivity contribution >= 4 is 17.9 Å². The molecule has 4 rings (SSSR count). The van der Waals surface area contributed by atoms with E-state index in [4.69, 9.17) is 9.47 Å². The van der Waals surface area contributed by atoms with Gasteiger partial charge in [0.05, 0.1) is 25.1 Å². The number of amides is 2. The van der Waals surface area contributed by atoms with Crippen LogP contribution in [0.2, 0.25) is 0 Å². The van der Waals surface area contributed by atoms with Gasteiger partial charge >= 0.3 is 18.2 Å². The molecule has 1 unspecified atom stereocenters. The highest BCUT2D eigenvalue weighted by Gasteiger charge is 2.31. The Labute approximate surface area is 205 Å². The molecule has 1 aliphatic rings. The lowest BCUT2D eigenvalue weighted by Gasteiger charge is -2.33. The van der Waals surface area contributed by atoms with Crippen LogP contribution in [0.25, 0.3) is 6.08 Å². The average Bonchev–Trinajstić information content (AvgIpc) is 2.86. The maximum absolute atomic E-state index is 12.7. The van der Waals surface area contributed by atoms with Crippen LogP contribution in [0.3, 0.4) is 0 Å². The Morgan fingerprint density at radius 2 is 1.92 bits per heavy atom. The van der Waals surface area contributed by atoms with Crippen LogP contribution >= 0.6 is 0 Å². The van der Waals surface area contributed by atoms with Crippen molar-refractivity contribution in [1.29, 1.82) is 0 Å². The summed E-state index contributed by atoms with van der Waals surface area (Å²) in [6, 6.07) is 6.65. The lowest BCUT2D eigenvalue weighted by atomic mass is 9.91. The number of likely N-dealkylation sites (tertiary alicyclic amines) is 1. The van der Waals surface area contributed by atoms with E-state index < -0.39 is 11.7 Å². The highest BCUT2D eigenvalue weighted by Crippen LogP contribution is 2.30. The fraction of sp³-hybridized carbons (Fsp3) is 0.292. The number of ether oxygens (including phenoxy) is 2. The van der Waals surface area contributed by atoms with Gasteiger partial charge in [0.2, 0.25) is 5.88 Å². The second-order valence-electron chi connectivity index (χ2n) is 8.12. The zero-order valence-corrected chi connectivity index (χ0v) is 19.5. The van der Waals surface area contributed by atoms with E-state index in [9.17, 15) is 18.0 Å². The summed E-state index contributed by atoms with van der Waals surface area (Å²) in [5.74, 6) is 1.20. The first-order chi connectivity index (χ1) is 17.2. The van der Waals surface area contributed by atoms with Crippen LogP contribution in [0.5, 0.6) is 17.6 Å². The molecule has 1 aliphatic heterocycles. The Morgan fingerprint density at radius 3 is 2.56 bits per heavy atom. The van der Waals surface area contributed by atoms with Crippen molar-refractivity contribution in [2.24, 2.45) is 5.92 Å². The summed E-state index contributed by atoms with van der Waals surface area (Å²) in [6.07, 6.45) is 2.41. The Kier molecular flexibility index (Phi) is 7.32. The molecule has 2 amide bonds. The number of nitrogens with one attached hydrogen (secondary N) is 1. The van der Waals surface area contributed by atoms with Crippen LogP contribution in [0, 0.1) is 5.92 Å². The molecule has 2 aromatic heterocycles. The quantitative estimate of drug-likeness (QED) is 0.523. The maximum atomic E-state index is 12.7. The van der Waals surface area contributed by atoms with Crippen LogP contribution in [0.15, 0.2) is 54.6 Å². The van der Waals surface area contributed by atoms with Gasteiger partial charge in [-0.25, -0.2) is 24.7 Å². The lowest BCUT2D eigenvalue weighted by Crippen LogP contribution is -2.42. The Bertz CT molecular complexity index is 1230. The number of alkyl halides is 3. The van der Waals surface area contributed by atoms with Crippen LogP contribution in [0.4, 0.5) is 23.8 Å². The molecule has 0 radical (unpaired) electrons. The van der Waals surface area contributed by atoms with Gasteiger partial charge in [-0.05, 0) is 30.0 Å². The number of hydrogen-bond acceptors (Lipinski definition) is 7. The van der Waals surface area contributed by atoms with E-state index in [2.05, 4.69) is 25.3 Å². The van der Waals surface area contributed by atoms with E-state index in [1.165, 1.54) is 19.5 Å². The minimum atomic E-state index is -4.51. The van der Waals surface area contributed by atoms with E-state index >= 15 is 0 Å². The number of hydrogen-bond donors (Lipinski definition) is 1. The summed E-state index contributed by atoms with van der Waals surface area (Å²) in [5.41, 5.74) is 1.07. The van der Waals surface area contributed by atoms with Crippen molar-refractivity contribution in [3.8, 4) is 17.6 Å². The SMILES string of the molecule is COc1cnc(NC(=O)N2CC/C(=C\c3cccc(Oc4ncc(C(F)(F)F)cn4)c3)C(C)C2)cn1. The number of rotatable bonds is 5. The van der Waals surface area contributed by atoms with Crippen LogP contribution in [0.1, 0.15) is 24.5 Å². The fourth-order valence-corrected chi connectivity index (χ4v) is 3.63. The third-order valence-electron chi connectivity index (χ3n) is 5.53. The zero-order valence-electron chi connectivity index (χ0n) is 19.5. The minimum Gasteiger partial charge on any atom is -0.480 e. The predicted molar refractivity (Wildman–Crippen MR) is 124 cm³/mol. The van der Waals surface area contributed by atoms with E-state index in [1.807, 2.05) is 19.1 Å². The molecule has 0 spiro atoms. The van der Waals surface area contributed by atoms with Gasteiger partial charge in [0.15, 0.2) is 5.82 Å². The van der Waals surface area contributed by atoms with Crippen molar-refractivity contribution in [3.05, 3.63) is 65.8 Å². The third kappa shape index (κ3) is 6.26. The van der Waals surface area contributed by atoms with Gasteiger partial charge in [-0.15, -0.1) is 0 Å². The number of carbonyl (C=O) groups is 1. The number of carbonyl (C=O) groups excluding carboxylic acids is 1. The molecular weight excluding hydrogens is 477 g/mol. The molecule has 188 valence electrons. The van der Waals surface area contributed by atoms with Gasteiger partial charge in [-0.2, -0.15) is 13.2 Å². The van der Waals surface area contributed by atoms with Gasteiger partial charge < -0.3 is 14.4 Å². The van der Waals surface area contributed by atoms with Gasteiger partial charge in [0.1, 0.15) is 5.75 Å². The molecule has 3 aromatic rings. The second-order valence-corrected chi connectivity index (χ2v) is 8.12. The summed E-state index contributed by atoms with van der Waals surface area (Å²) < 4.78 is 48.5. The predicted octanol–water partition coefficient (Wildman–Crippen LogP) is 5.04. The highest BCUT2D eigenvalue weighted by molar-refractivity contribution is 5.88. The number of aromatic nitrogens is 4. The number of nitrogens with zero attached hydrogens (tertiary/aromatic N) is 5. The monoisotopic (exact) mass is 500 g/mol. The molecule has 0 saturated carbocycles. The van der Waals surface area contributed by atoms with Crippen molar-refractivity contribution in [2.75, 3.05) is 25.5 Å². The molecule has 0 bridgehead atoms. The van der Waals surface area contributed by atoms with Crippen molar-refractivity contribution in [2.45, 2.75) is 19.5 Å². The number of halogens is 3. The third-order valence-corrected chi connectivity index (χ3v) is 5.53. The summed E-state index contributed by atoms with van der Waals surface area (Å²) in [5, 5.41) is 2.74. The summed E-state index contributed by atoms with van der Waals surface area (Å²) in [7, 11) is 1.49. The van der Waals surface area contributed by atoms with Gasteiger partial charge in [0.25, 0.3) is 0 Å². The number of anilines is 1. The summed E-state index contributed by atoms with van der Waals surface area (Å²) in [4.78, 5) is 29.7. The Morgan fingerprint density at radius 1 is 1.14 bits per heavy atom. The summed E-state index contributed by atoms with van der Waals surface area (Å²) >= 11 is 0. The molecule has 1 fully saturated rings. The molecule has 3 heterocycles. The molecule has 9 nitrogen and oxygen atoms in total. The molecule has 1 N–H and O–H groups in total. The molecule has 1 saturated heterocycles. The van der Waals surface area contributed by atoms with Crippen molar-refractivity contribution in [1.82, 2.24) is 24.8 Å². The van der Waals surface area contributed by atoms with E-state index in [0.29, 0.717) is 49.4 Å². The van der Waals surface area contributed by atoms with Gasteiger partial charge in [0, 0.05) is 25.5 Å². The molecule has 0 aliphatic carbocycles. The highest BCUT2D eigenvalue weighted by atomic mass is 19.4. The van der Waals surface area contributed by atoms with E-state index in [0.717, 1.165) is 11.1 Å². The molecule has 36 heavy (non-hydrogen) atoms. The molecule has 12 heteroatoms. The Hall–Kier alpha value is -4.22. The topological polar surface area (TPSA) is 102 Å². The smallest absolute Gasteiger partial charge is 0.419 e. The number of benzene rings is 1. The number of urea groups is 1. The first-order valence-corrected chi connectivity index (χ1v) is 11.0. The zero-order chi connectivity index (χ0) is 25.7. The first-order valence-electron chi connectivity index (χ1n) is 11.0. The van der Waals surface area contributed by atoms with Crippen LogP contribution in [-0.2, 0) is 6.18 Å². The van der Waals surface area contributed by atoms with Crippen molar-refractivity contribution < 1.29 is 27.4 Å². The largest absolute Gasteiger partial charge is 0.480 e. The number of methoxy groups -OCH3 is 1. The van der Waals surface area contributed by atoms with Gasteiger partial charge in [-0.3, -0.25) is 5.32 Å². The molecular formula is C24H23F3N6O3. The summed E-state index contributed by atoms with van der Waals surface area (Å²) in [6.45, 7) is 3.09. The van der Waals surface area contributed by atoms with Crippen LogP contribution in [-0.4, -0.2) is 51.1 Å². The van der Waals surface area contributed by atoms with E-state index in [-0.39, 0.29) is 18.0 Å². The molecule has 1 aromatic carbocycles. The second kappa shape index (κ2) is 10.6. The minimum absolute atomic E-state index is 0.106. The molecule has 1 atom stereocenters. The standard InChI is InChI=1S/C24H23F3N6O3/c1-15-14-33(23(34)32-20-12-29-21(35-2)13-28-20)7-6-17(15)8-16-4-3-5-19(9-16)36-22-30-10-18(11-31-22)24(25,26)27/h3-5,8-13,15H,6-7,14H2,1-2H3,(H,28,32,34)/b17-8+. The maximum Gasteiger partial charge on any atom is 0.419 e. The van der Waals surface area contributed by atoms with E-state index in [1.54, 1.807) is 23.1 Å². The Balaban J connectivity index is 1.37. The van der Waals surface area contributed by atoms with Crippen molar-refractivity contribution in [3.63, 3.8) is 0 Å². The van der Waals surface area contributed by atoms with Gasteiger partial charge in [-0.1, -0.05) is 30.7 Å². The normalized spacial score (nSPS) is 17.1. The fourth-order valence-electron chi connectivity index (χ4n) is 3.63. The number of piperidine rings is 1. The average molecular weight is 500 g/mol. The lowest BCUT2D eigenvalue weighted by molar-refractivity contribution is -0.138.